The summed E-state index contributed by atoms with van der Waals surface area (Å²) in [4.78, 5) is 4.64. The van der Waals surface area contributed by atoms with Gasteiger partial charge in [-0.3, -0.25) is 0 Å². The van der Waals surface area contributed by atoms with Crippen LogP contribution in [0.4, 0.5) is 4.39 Å². The number of rotatable bonds is 1. The molecule has 1 aliphatic heterocycles. The van der Waals surface area contributed by atoms with E-state index in [4.69, 9.17) is 0 Å². The van der Waals surface area contributed by atoms with Gasteiger partial charge in [-0.25, -0.2) is 14.1 Å². The van der Waals surface area contributed by atoms with E-state index in [-0.39, 0.29) is 5.82 Å². The second-order valence-corrected chi connectivity index (χ2v) is 6.12. The van der Waals surface area contributed by atoms with Gasteiger partial charge in [-0.05, 0) is 19.1 Å². The first kappa shape index (κ1) is 14.1. The largest absolute Gasteiger partial charge is 0.300 e. The number of imidazole rings is 1. The Morgan fingerprint density at radius 1 is 1.00 bits per heavy atom. The molecule has 0 atom stereocenters. The SMILES string of the molecule is Cc1nnn2c1Cc1c(-c3ccccc3)ncn1-c1ccc(F)cc1-2. The van der Waals surface area contributed by atoms with Crippen molar-refractivity contribution < 1.29 is 4.39 Å². The van der Waals surface area contributed by atoms with E-state index >= 15 is 0 Å². The number of aryl methyl sites for hydroxylation is 1. The van der Waals surface area contributed by atoms with Gasteiger partial charge < -0.3 is 4.57 Å². The summed E-state index contributed by atoms with van der Waals surface area (Å²) >= 11 is 0. The van der Waals surface area contributed by atoms with Crippen LogP contribution in [0, 0.1) is 12.7 Å². The Labute approximate surface area is 143 Å². The van der Waals surface area contributed by atoms with Crippen molar-refractivity contribution in [3.63, 3.8) is 0 Å². The Balaban J connectivity index is 1.83. The summed E-state index contributed by atoms with van der Waals surface area (Å²) in [6, 6.07) is 14.8. The molecule has 122 valence electrons. The van der Waals surface area contributed by atoms with Crippen molar-refractivity contribution in [2.45, 2.75) is 13.3 Å². The van der Waals surface area contributed by atoms with E-state index in [1.54, 1.807) is 17.1 Å². The van der Waals surface area contributed by atoms with Crippen molar-refractivity contribution in [3.05, 3.63) is 77.8 Å². The molecule has 0 aliphatic carbocycles. The molecule has 6 heteroatoms. The van der Waals surface area contributed by atoms with Crippen molar-refractivity contribution in [1.29, 1.82) is 0 Å². The molecule has 25 heavy (non-hydrogen) atoms. The van der Waals surface area contributed by atoms with E-state index in [2.05, 4.69) is 15.3 Å². The molecule has 0 fully saturated rings. The third-order valence-electron chi connectivity index (χ3n) is 4.63. The maximum absolute atomic E-state index is 13.9. The standard InChI is InChI=1S/C19H14FN5/c1-12-16-10-18-19(13-5-3-2-4-6-13)21-11-24(18)15-8-7-14(20)9-17(15)25(16)23-22-12/h2-9,11H,10H2,1H3. The highest BCUT2D eigenvalue weighted by atomic mass is 19.1. The quantitative estimate of drug-likeness (QED) is 0.472. The van der Waals surface area contributed by atoms with Gasteiger partial charge in [0.15, 0.2) is 0 Å². The fourth-order valence-electron chi connectivity index (χ4n) is 3.39. The number of halogens is 1. The number of fused-ring (bicyclic) bond motifs is 5. The van der Waals surface area contributed by atoms with Crippen LogP contribution in [0.15, 0.2) is 54.9 Å². The molecule has 2 aromatic heterocycles. The van der Waals surface area contributed by atoms with Gasteiger partial charge in [0.1, 0.15) is 12.1 Å². The van der Waals surface area contributed by atoms with Crippen molar-refractivity contribution in [2.75, 3.05) is 0 Å². The summed E-state index contributed by atoms with van der Waals surface area (Å²) in [7, 11) is 0. The minimum absolute atomic E-state index is 0.301. The van der Waals surface area contributed by atoms with Gasteiger partial charge >= 0.3 is 0 Å². The lowest BCUT2D eigenvalue weighted by atomic mass is 10.1. The topological polar surface area (TPSA) is 48.5 Å². The van der Waals surface area contributed by atoms with Crippen molar-refractivity contribution in [3.8, 4) is 22.6 Å². The summed E-state index contributed by atoms with van der Waals surface area (Å²) in [5.74, 6) is -0.301. The lowest BCUT2D eigenvalue weighted by Crippen LogP contribution is -2.04. The minimum atomic E-state index is -0.301. The Bertz CT molecular complexity index is 1090. The van der Waals surface area contributed by atoms with Gasteiger partial charge in [0.25, 0.3) is 0 Å². The van der Waals surface area contributed by atoms with E-state index in [1.165, 1.54) is 12.1 Å². The van der Waals surface area contributed by atoms with Crippen LogP contribution in [0.25, 0.3) is 22.6 Å². The molecule has 0 bridgehead atoms. The third-order valence-corrected chi connectivity index (χ3v) is 4.63. The third kappa shape index (κ3) is 2.04. The normalized spacial score (nSPS) is 12.2. The van der Waals surface area contributed by atoms with Crippen LogP contribution in [0.1, 0.15) is 17.1 Å². The molecule has 4 aromatic rings. The second-order valence-electron chi connectivity index (χ2n) is 6.12. The molecule has 5 nitrogen and oxygen atoms in total. The van der Waals surface area contributed by atoms with Crippen molar-refractivity contribution >= 4 is 0 Å². The lowest BCUT2D eigenvalue weighted by Gasteiger charge is -2.09. The number of aromatic nitrogens is 5. The van der Waals surface area contributed by atoms with E-state index < -0.39 is 0 Å². The van der Waals surface area contributed by atoms with Gasteiger partial charge in [-0.15, -0.1) is 5.10 Å². The van der Waals surface area contributed by atoms with Crippen LogP contribution in [0.3, 0.4) is 0 Å². The van der Waals surface area contributed by atoms with Crippen LogP contribution in [-0.2, 0) is 6.42 Å². The average molecular weight is 331 g/mol. The summed E-state index contributed by atoms with van der Waals surface area (Å²) in [6.45, 7) is 1.92. The number of hydrogen-bond acceptors (Lipinski definition) is 3. The molecule has 0 radical (unpaired) electrons. The predicted molar refractivity (Wildman–Crippen MR) is 91.4 cm³/mol. The van der Waals surface area contributed by atoms with E-state index in [1.807, 2.05) is 41.8 Å². The molecular formula is C19H14FN5. The molecule has 0 saturated heterocycles. The molecule has 2 aromatic carbocycles. The summed E-state index contributed by atoms with van der Waals surface area (Å²) in [5, 5.41) is 8.42. The molecule has 3 heterocycles. The van der Waals surface area contributed by atoms with Gasteiger partial charge in [0.05, 0.1) is 34.2 Å². The van der Waals surface area contributed by atoms with E-state index in [9.17, 15) is 4.39 Å². The highest BCUT2D eigenvalue weighted by molar-refractivity contribution is 5.66. The molecule has 5 rings (SSSR count). The van der Waals surface area contributed by atoms with Crippen LogP contribution >= 0.6 is 0 Å². The molecule has 0 N–H and O–H groups in total. The van der Waals surface area contributed by atoms with Gasteiger partial charge in [0.2, 0.25) is 0 Å². The smallest absolute Gasteiger partial charge is 0.125 e. The first-order valence-electron chi connectivity index (χ1n) is 8.05. The highest BCUT2D eigenvalue weighted by Crippen LogP contribution is 2.33. The van der Waals surface area contributed by atoms with Gasteiger partial charge in [-0.2, -0.15) is 0 Å². The molecule has 0 spiro atoms. The maximum atomic E-state index is 13.9. The van der Waals surface area contributed by atoms with Crippen LogP contribution in [-0.4, -0.2) is 24.5 Å². The Morgan fingerprint density at radius 2 is 1.84 bits per heavy atom. The molecule has 0 saturated carbocycles. The minimum Gasteiger partial charge on any atom is -0.300 e. The number of benzene rings is 2. The monoisotopic (exact) mass is 331 g/mol. The van der Waals surface area contributed by atoms with E-state index in [0.29, 0.717) is 12.1 Å². The van der Waals surface area contributed by atoms with Crippen LogP contribution in [0.2, 0.25) is 0 Å². The van der Waals surface area contributed by atoms with Crippen molar-refractivity contribution in [2.24, 2.45) is 0 Å². The Morgan fingerprint density at radius 3 is 2.68 bits per heavy atom. The summed E-state index contributed by atoms with van der Waals surface area (Å²) in [5.41, 5.74) is 6.32. The first-order chi connectivity index (χ1) is 12.2. The molecular weight excluding hydrogens is 317 g/mol. The molecule has 1 aliphatic rings. The maximum Gasteiger partial charge on any atom is 0.125 e. The zero-order valence-electron chi connectivity index (χ0n) is 13.5. The highest BCUT2D eigenvalue weighted by Gasteiger charge is 2.25. The fourth-order valence-corrected chi connectivity index (χ4v) is 3.39. The fraction of sp³-hybridized carbons (Fsp3) is 0.105. The predicted octanol–water partition coefficient (Wildman–Crippen LogP) is 3.47. The summed E-state index contributed by atoms with van der Waals surface area (Å²) < 4.78 is 17.6. The lowest BCUT2D eigenvalue weighted by molar-refractivity contribution is 0.624. The van der Waals surface area contributed by atoms with Gasteiger partial charge in [-0.1, -0.05) is 35.5 Å². The Kier molecular flexibility index (Phi) is 2.88. The average Bonchev–Trinajstić information content (AvgIpc) is 3.17. The number of hydrogen-bond donors (Lipinski definition) is 0. The molecule has 0 unspecified atom stereocenters. The Hall–Kier alpha value is -3.28. The second kappa shape index (κ2) is 5.11. The van der Waals surface area contributed by atoms with Gasteiger partial charge in [0, 0.05) is 18.1 Å². The molecule has 0 amide bonds. The van der Waals surface area contributed by atoms with Crippen LogP contribution < -0.4 is 0 Å². The van der Waals surface area contributed by atoms with E-state index in [0.717, 1.165) is 34.0 Å². The van der Waals surface area contributed by atoms with Crippen molar-refractivity contribution in [1.82, 2.24) is 24.5 Å². The zero-order chi connectivity index (χ0) is 17.0. The first-order valence-corrected chi connectivity index (χ1v) is 8.05. The summed E-state index contributed by atoms with van der Waals surface area (Å²) in [6.07, 6.45) is 2.42. The van der Waals surface area contributed by atoms with Crippen LogP contribution in [0.5, 0.6) is 0 Å². The zero-order valence-corrected chi connectivity index (χ0v) is 13.5. The number of nitrogens with zero attached hydrogens (tertiary/aromatic N) is 5.